The Bertz CT molecular complexity index is 493. The summed E-state index contributed by atoms with van der Waals surface area (Å²) in [6.07, 6.45) is 3.34. The zero-order chi connectivity index (χ0) is 11.8. The van der Waals surface area contributed by atoms with E-state index in [2.05, 4.69) is 20.5 Å². The van der Waals surface area contributed by atoms with Crippen molar-refractivity contribution in [1.29, 1.82) is 0 Å². The van der Waals surface area contributed by atoms with Crippen LogP contribution in [-0.4, -0.2) is 43.5 Å². The number of rotatable bonds is 3. The third kappa shape index (κ3) is 1.69. The summed E-state index contributed by atoms with van der Waals surface area (Å²) in [5.74, 6) is 1.32. The van der Waals surface area contributed by atoms with Gasteiger partial charge in [-0.1, -0.05) is 0 Å². The first-order valence-electron chi connectivity index (χ1n) is 4.88. The van der Waals surface area contributed by atoms with Crippen LogP contribution in [0.15, 0.2) is 12.4 Å². The van der Waals surface area contributed by atoms with Crippen LogP contribution in [0.25, 0.3) is 5.65 Å². The van der Waals surface area contributed by atoms with Crippen molar-refractivity contribution in [2.24, 2.45) is 0 Å². The Kier molecular flexibility index (Phi) is 2.67. The number of anilines is 1. The Morgan fingerprint density at radius 3 is 2.88 bits per heavy atom. The van der Waals surface area contributed by atoms with E-state index in [1.807, 2.05) is 25.8 Å². The molecule has 0 unspecified atom stereocenters. The molecule has 0 spiro atoms. The second kappa shape index (κ2) is 3.86. The Morgan fingerprint density at radius 2 is 2.19 bits per heavy atom. The van der Waals surface area contributed by atoms with Crippen molar-refractivity contribution in [2.45, 2.75) is 19.4 Å². The largest absolute Gasteiger partial charge is 0.352 e. The maximum absolute atomic E-state index is 5.94. The van der Waals surface area contributed by atoms with Crippen LogP contribution < -0.4 is 4.90 Å². The van der Waals surface area contributed by atoms with E-state index in [4.69, 9.17) is 11.6 Å². The molecule has 0 N–H and O–H groups in total. The number of nitrogens with zero attached hydrogens (tertiary/aromatic N) is 6. The van der Waals surface area contributed by atoms with Crippen molar-refractivity contribution in [2.75, 3.05) is 17.8 Å². The van der Waals surface area contributed by atoms with Crippen molar-refractivity contribution in [3.8, 4) is 0 Å². The predicted octanol–water partition coefficient (Wildman–Crippen LogP) is 0.973. The first-order chi connectivity index (χ1) is 7.56. The van der Waals surface area contributed by atoms with Crippen LogP contribution in [0.1, 0.15) is 13.8 Å². The molecule has 0 aromatic carbocycles. The highest BCUT2D eigenvalue weighted by Gasteiger charge is 2.25. The first-order valence-corrected chi connectivity index (χ1v) is 5.41. The molecule has 0 radical (unpaired) electrons. The van der Waals surface area contributed by atoms with Gasteiger partial charge in [0.05, 0.1) is 12.4 Å². The Morgan fingerprint density at radius 1 is 1.44 bits per heavy atom. The van der Waals surface area contributed by atoms with Gasteiger partial charge in [-0.05, 0) is 24.3 Å². The fourth-order valence-electron chi connectivity index (χ4n) is 1.29. The molecule has 2 aromatic rings. The minimum atomic E-state index is -0.191. The molecule has 7 heteroatoms. The van der Waals surface area contributed by atoms with Gasteiger partial charge in [0, 0.05) is 18.5 Å². The Hall–Kier alpha value is -1.43. The second-order valence-corrected chi connectivity index (χ2v) is 4.49. The van der Waals surface area contributed by atoms with Crippen LogP contribution >= 0.6 is 11.6 Å². The van der Waals surface area contributed by atoms with Crippen molar-refractivity contribution < 1.29 is 0 Å². The fourth-order valence-corrected chi connectivity index (χ4v) is 1.47. The number of hydrogen-bond acceptors (Lipinski definition) is 5. The summed E-state index contributed by atoms with van der Waals surface area (Å²) in [5, 5.41) is 11.4. The van der Waals surface area contributed by atoms with Crippen LogP contribution in [0.3, 0.4) is 0 Å². The summed E-state index contributed by atoms with van der Waals surface area (Å²) < 4.78 is 1.64. The zero-order valence-corrected chi connectivity index (χ0v) is 10.2. The number of tetrazole rings is 1. The molecule has 0 bridgehead atoms. The minimum Gasteiger partial charge on any atom is -0.352 e. The average Bonchev–Trinajstić information content (AvgIpc) is 2.75. The highest BCUT2D eigenvalue weighted by molar-refractivity contribution is 6.18. The molecular formula is C9H13ClN6. The fraction of sp³-hybridized carbons (Fsp3) is 0.556. The monoisotopic (exact) mass is 240 g/mol. The molecule has 6 nitrogen and oxygen atoms in total. The second-order valence-electron chi connectivity index (χ2n) is 4.22. The third-order valence-electron chi connectivity index (χ3n) is 2.67. The summed E-state index contributed by atoms with van der Waals surface area (Å²) in [4.78, 5) is 6.12. The molecule has 0 aliphatic carbocycles. The van der Waals surface area contributed by atoms with Gasteiger partial charge in [-0.2, -0.15) is 4.52 Å². The van der Waals surface area contributed by atoms with E-state index in [-0.39, 0.29) is 5.54 Å². The molecular weight excluding hydrogens is 228 g/mol. The Labute approximate surface area is 98.2 Å². The zero-order valence-electron chi connectivity index (χ0n) is 9.42. The summed E-state index contributed by atoms with van der Waals surface area (Å²) in [6, 6.07) is 0. The van der Waals surface area contributed by atoms with Gasteiger partial charge in [0.25, 0.3) is 0 Å². The molecule has 16 heavy (non-hydrogen) atoms. The number of fused-ring (bicyclic) bond motifs is 1. The van der Waals surface area contributed by atoms with Crippen LogP contribution in [0, 0.1) is 0 Å². The molecule has 0 amide bonds. The third-order valence-corrected chi connectivity index (χ3v) is 3.32. The van der Waals surface area contributed by atoms with Gasteiger partial charge in [0.1, 0.15) is 0 Å². The summed E-state index contributed by atoms with van der Waals surface area (Å²) in [5.41, 5.74) is 0.429. The maximum atomic E-state index is 5.94. The van der Waals surface area contributed by atoms with Crippen LogP contribution in [0.5, 0.6) is 0 Å². The molecule has 0 atom stereocenters. The lowest BCUT2D eigenvalue weighted by molar-refractivity contribution is 0.533. The smallest absolute Gasteiger partial charge is 0.199 e. The minimum absolute atomic E-state index is 0.191. The van der Waals surface area contributed by atoms with Gasteiger partial charge in [-0.3, -0.25) is 4.98 Å². The van der Waals surface area contributed by atoms with E-state index in [1.165, 1.54) is 0 Å². The number of aromatic nitrogens is 5. The van der Waals surface area contributed by atoms with E-state index in [1.54, 1.807) is 16.9 Å². The summed E-state index contributed by atoms with van der Waals surface area (Å²) in [7, 11) is 1.94. The Balaban J connectivity index is 2.51. The lowest BCUT2D eigenvalue weighted by Gasteiger charge is -2.35. The molecule has 0 saturated carbocycles. The number of hydrogen-bond donors (Lipinski definition) is 0. The molecule has 2 aromatic heterocycles. The molecule has 0 aliphatic heterocycles. The summed E-state index contributed by atoms with van der Waals surface area (Å²) in [6.45, 7) is 4.09. The van der Waals surface area contributed by atoms with Crippen LogP contribution in [-0.2, 0) is 0 Å². The number of alkyl halides is 1. The molecule has 86 valence electrons. The highest BCUT2D eigenvalue weighted by Crippen LogP contribution is 2.22. The van der Waals surface area contributed by atoms with Crippen molar-refractivity contribution in [3.05, 3.63) is 12.4 Å². The molecule has 0 fully saturated rings. The van der Waals surface area contributed by atoms with Crippen molar-refractivity contribution in [3.63, 3.8) is 0 Å². The van der Waals surface area contributed by atoms with Crippen molar-refractivity contribution in [1.82, 2.24) is 25.0 Å². The normalized spacial score (nSPS) is 12.0. The van der Waals surface area contributed by atoms with Gasteiger partial charge in [-0.25, -0.2) is 0 Å². The van der Waals surface area contributed by atoms with E-state index < -0.39 is 0 Å². The van der Waals surface area contributed by atoms with Gasteiger partial charge in [0.15, 0.2) is 11.5 Å². The van der Waals surface area contributed by atoms with Gasteiger partial charge in [-0.15, -0.1) is 16.7 Å². The summed E-state index contributed by atoms with van der Waals surface area (Å²) >= 11 is 5.94. The predicted molar refractivity (Wildman–Crippen MR) is 61.8 cm³/mol. The van der Waals surface area contributed by atoms with Gasteiger partial charge >= 0.3 is 0 Å². The maximum Gasteiger partial charge on any atom is 0.199 e. The van der Waals surface area contributed by atoms with E-state index >= 15 is 0 Å². The first kappa shape index (κ1) is 11.1. The number of halogens is 1. The average molecular weight is 241 g/mol. The van der Waals surface area contributed by atoms with Crippen LogP contribution in [0.4, 0.5) is 5.82 Å². The van der Waals surface area contributed by atoms with E-state index in [0.29, 0.717) is 11.5 Å². The van der Waals surface area contributed by atoms with Gasteiger partial charge < -0.3 is 4.90 Å². The SMILES string of the molecule is CN(c1cncc2nnnn12)C(C)(C)CCl. The van der Waals surface area contributed by atoms with E-state index in [0.717, 1.165) is 5.82 Å². The van der Waals surface area contributed by atoms with Gasteiger partial charge in [0.2, 0.25) is 0 Å². The molecule has 2 heterocycles. The topological polar surface area (TPSA) is 59.2 Å². The quantitative estimate of drug-likeness (QED) is 0.749. The van der Waals surface area contributed by atoms with Crippen LogP contribution in [0.2, 0.25) is 0 Å². The lowest BCUT2D eigenvalue weighted by Crippen LogP contribution is -2.43. The highest BCUT2D eigenvalue weighted by atomic mass is 35.5. The molecule has 2 rings (SSSR count). The molecule has 0 aliphatic rings. The van der Waals surface area contributed by atoms with E-state index in [9.17, 15) is 0 Å². The van der Waals surface area contributed by atoms with Crippen molar-refractivity contribution >= 4 is 23.1 Å². The molecule has 0 saturated heterocycles. The lowest BCUT2D eigenvalue weighted by atomic mass is 10.1. The standard InChI is InChI=1S/C9H13ClN6/c1-9(2,6-10)15(3)8-5-11-4-7-12-13-14-16(7)8/h4-5H,6H2,1-3H3.